The molecule has 94 valence electrons. The Bertz CT molecular complexity index is 216. The van der Waals surface area contributed by atoms with Crippen molar-refractivity contribution in [3.63, 3.8) is 0 Å². The summed E-state index contributed by atoms with van der Waals surface area (Å²) >= 11 is 0. The monoisotopic (exact) mass is 227 g/mol. The molecule has 0 radical (unpaired) electrons. The Morgan fingerprint density at radius 1 is 1.12 bits per heavy atom. The zero-order chi connectivity index (χ0) is 11.6. The van der Waals surface area contributed by atoms with Crippen molar-refractivity contribution in [2.75, 3.05) is 19.6 Å². The van der Waals surface area contributed by atoms with Gasteiger partial charge in [-0.15, -0.1) is 0 Å². The smallest absolute Gasteiger partial charge is 0.0774 e. The molecular weight excluding hydrogens is 202 g/mol. The molecule has 2 aliphatic rings. The molecule has 3 heteroatoms. The molecule has 2 rings (SSSR count). The van der Waals surface area contributed by atoms with Crippen molar-refractivity contribution >= 4 is 0 Å². The number of hydrogen-bond acceptors (Lipinski definition) is 3. The lowest BCUT2D eigenvalue weighted by molar-refractivity contribution is -0.0987. The van der Waals surface area contributed by atoms with Crippen LogP contribution in [-0.4, -0.2) is 47.4 Å². The van der Waals surface area contributed by atoms with Crippen LogP contribution in [0, 0.1) is 0 Å². The van der Waals surface area contributed by atoms with Crippen molar-refractivity contribution in [1.29, 1.82) is 0 Å². The Labute approximate surface area is 98.8 Å². The van der Waals surface area contributed by atoms with E-state index in [1.54, 1.807) is 0 Å². The maximum atomic E-state index is 10.5. The summed E-state index contributed by atoms with van der Waals surface area (Å²) in [4.78, 5) is 2.38. The third kappa shape index (κ3) is 3.19. The highest BCUT2D eigenvalue weighted by Gasteiger charge is 2.33. The predicted octanol–water partition coefficient (Wildman–Crippen LogP) is 1.79. The summed E-state index contributed by atoms with van der Waals surface area (Å²) in [7, 11) is 0. The molecule has 0 unspecified atom stereocenters. The van der Waals surface area contributed by atoms with Crippen LogP contribution >= 0.6 is 0 Å². The Morgan fingerprint density at radius 3 is 2.25 bits per heavy atom. The van der Waals surface area contributed by atoms with Gasteiger partial charge in [0.05, 0.1) is 17.8 Å². The number of hydrogen-bond donors (Lipinski definition) is 1. The number of morpholine rings is 1. The second kappa shape index (κ2) is 5.03. The quantitative estimate of drug-likeness (QED) is 0.780. The lowest BCUT2D eigenvalue weighted by Crippen LogP contribution is -2.52. The van der Waals surface area contributed by atoms with Gasteiger partial charge in [-0.1, -0.05) is 19.3 Å². The fourth-order valence-corrected chi connectivity index (χ4v) is 3.20. The molecule has 16 heavy (non-hydrogen) atoms. The molecule has 0 aromatic heterocycles. The average molecular weight is 227 g/mol. The number of ether oxygens (including phenoxy) is 1. The standard InChI is InChI=1S/C13H25NO2/c1-11-8-14(9-12(2)16-11)10-13(15)6-4-3-5-7-13/h11-12,15H,3-10H2,1-2H3/t11-,12+. The molecule has 0 bridgehead atoms. The third-order valence-electron chi connectivity index (χ3n) is 3.80. The molecule has 1 saturated heterocycles. The lowest BCUT2D eigenvalue weighted by Gasteiger charge is -2.41. The first kappa shape index (κ1) is 12.3. The first-order valence-electron chi connectivity index (χ1n) is 6.68. The summed E-state index contributed by atoms with van der Waals surface area (Å²) in [5, 5.41) is 10.5. The van der Waals surface area contributed by atoms with Gasteiger partial charge in [0, 0.05) is 19.6 Å². The summed E-state index contributed by atoms with van der Waals surface area (Å²) < 4.78 is 5.72. The first-order valence-corrected chi connectivity index (χ1v) is 6.68. The van der Waals surface area contributed by atoms with E-state index >= 15 is 0 Å². The number of β-amino-alcohol motifs (C(OH)–C–C–N with tert-alkyl or cyclic N) is 1. The molecule has 2 atom stereocenters. The van der Waals surface area contributed by atoms with Crippen molar-refractivity contribution in [2.24, 2.45) is 0 Å². The second-order valence-electron chi connectivity index (χ2n) is 5.74. The van der Waals surface area contributed by atoms with E-state index in [0.29, 0.717) is 12.2 Å². The highest BCUT2D eigenvalue weighted by atomic mass is 16.5. The third-order valence-corrected chi connectivity index (χ3v) is 3.80. The highest BCUT2D eigenvalue weighted by Crippen LogP contribution is 2.29. The van der Waals surface area contributed by atoms with Crippen LogP contribution in [0.5, 0.6) is 0 Å². The summed E-state index contributed by atoms with van der Waals surface area (Å²) in [6, 6.07) is 0. The minimum absolute atomic E-state index is 0.302. The van der Waals surface area contributed by atoms with Crippen LogP contribution in [0.3, 0.4) is 0 Å². The van der Waals surface area contributed by atoms with Crippen LogP contribution in [0.15, 0.2) is 0 Å². The van der Waals surface area contributed by atoms with Gasteiger partial charge < -0.3 is 9.84 Å². The maximum Gasteiger partial charge on any atom is 0.0774 e. The van der Waals surface area contributed by atoms with Crippen LogP contribution in [0.4, 0.5) is 0 Å². The van der Waals surface area contributed by atoms with Crippen molar-refractivity contribution < 1.29 is 9.84 Å². The SMILES string of the molecule is C[C@@H]1CN(CC2(O)CCCCC2)C[C@H](C)O1. The van der Waals surface area contributed by atoms with Gasteiger partial charge in [-0.05, 0) is 26.7 Å². The number of aliphatic hydroxyl groups is 1. The fourth-order valence-electron chi connectivity index (χ4n) is 3.20. The molecule has 1 aliphatic carbocycles. The maximum absolute atomic E-state index is 10.5. The second-order valence-corrected chi connectivity index (χ2v) is 5.74. The summed E-state index contributed by atoms with van der Waals surface area (Å²) in [6.45, 7) is 7.01. The molecule has 1 aliphatic heterocycles. The van der Waals surface area contributed by atoms with Crippen LogP contribution in [0.25, 0.3) is 0 Å². The molecule has 0 aromatic carbocycles. The van der Waals surface area contributed by atoms with Crippen molar-refractivity contribution in [3.8, 4) is 0 Å². The molecule has 0 aromatic rings. The van der Waals surface area contributed by atoms with Gasteiger partial charge in [-0.3, -0.25) is 4.90 Å². The zero-order valence-electron chi connectivity index (χ0n) is 10.6. The molecule has 1 N–H and O–H groups in total. The van der Waals surface area contributed by atoms with Gasteiger partial charge in [0.1, 0.15) is 0 Å². The number of nitrogens with zero attached hydrogens (tertiary/aromatic N) is 1. The van der Waals surface area contributed by atoms with E-state index in [2.05, 4.69) is 18.7 Å². The van der Waals surface area contributed by atoms with Crippen LogP contribution < -0.4 is 0 Å². The van der Waals surface area contributed by atoms with Gasteiger partial charge in [-0.25, -0.2) is 0 Å². The fraction of sp³-hybridized carbons (Fsp3) is 1.00. The number of rotatable bonds is 2. The van der Waals surface area contributed by atoms with E-state index in [0.717, 1.165) is 32.5 Å². The van der Waals surface area contributed by atoms with Gasteiger partial charge in [-0.2, -0.15) is 0 Å². The van der Waals surface area contributed by atoms with E-state index in [9.17, 15) is 5.11 Å². The van der Waals surface area contributed by atoms with Crippen LogP contribution in [-0.2, 0) is 4.74 Å². The highest BCUT2D eigenvalue weighted by molar-refractivity contribution is 4.87. The molecular formula is C13H25NO2. The average Bonchev–Trinajstić information content (AvgIpc) is 2.15. The molecule has 0 amide bonds. The zero-order valence-corrected chi connectivity index (χ0v) is 10.6. The molecule has 1 heterocycles. The molecule has 2 fully saturated rings. The minimum atomic E-state index is -0.422. The largest absolute Gasteiger partial charge is 0.389 e. The van der Waals surface area contributed by atoms with Gasteiger partial charge in [0.2, 0.25) is 0 Å². The normalized spacial score (nSPS) is 36.2. The first-order chi connectivity index (χ1) is 7.57. The minimum Gasteiger partial charge on any atom is -0.389 e. The van der Waals surface area contributed by atoms with E-state index in [1.807, 2.05) is 0 Å². The Hall–Kier alpha value is -0.120. The van der Waals surface area contributed by atoms with Crippen LogP contribution in [0.2, 0.25) is 0 Å². The summed E-state index contributed by atoms with van der Waals surface area (Å²) in [6.07, 6.45) is 6.22. The molecule has 0 spiro atoms. The van der Waals surface area contributed by atoms with E-state index in [1.165, 1.54) is 19.3 Å². The Kier molecular flexibility index (Phi) is 3.88. The van der Waals surface area contributed by atoms with Crippen LogP contribution in [0.1, 0.15) is 46.0 Å². The van der Waals surface area contributed by atoms with E-state index in [-0.39, 0.29) is 0 Å². The summed E-state index contributed by atoms with van der Waals surface area (Å²) in [5.41, 5.74) is -0.422. The van der Waals surface area contributed by atoms with Crippen molar-refractivity contribution in [1.82, 2.24) is 4.90 Å². The Morgan fingerprint density at radius 2 is 1.69 bits per heavy atom. The van der Waals surface area contributed by atoms with E-state index < -0.39 is 5.60 Å². The molecule has 3 nitrogen and oxygen atoms in total. The molecule has 1 saturated carbocycles. The predicted molar refractivity (Wildman–Crippen MR) is 64.5 cm³/mol. The van der Waals surface area contributed by atoms with Crippen molar-refractivity contribution in [3.05, 3.63) is 0 Å². The topological polar surface area (TPSA) is 32.7 Å². The Balaban J connectivity index is 1.87. The van der Waals surface area contributed by atoms with Gasteiger partial charge in [0.15, 0.2) is 0 Å². The lowest BCUT2D eigenvalue weighted by atomic mass is 9.84. The van der Waals surface area contributed by atoms with Gasteiger partial charge in [0.25, 0.3) is 0 Å². The van der Waals surface area contributed by atoms with E-state index in [4.69, 9.17) is 4.74 Å². The summed E-state index contributed by atoms with van der Waals surface area (Å²) in [5.74, 6) is 0. The van der Waals surface area contributed by atoms with Crippen molar-refractivity contribution in [2.45, 2.75) is 63.8 Å². The van der Waals surface area contributed by atoms with Gasteiger partial charge >= 0.3 is 0 Å².